The van der Waals surface area contributed by atoms with Crippen molar-refractivity contribution >= 4 is 43.5 Å². The molecule has 10 rings (SSSR count). The van der Waals surface area contributed by atoms with E-state index in [9.17, 15) is 0 Å². The van der Waals surface area contributed by atoms with E-state index in [4.69, 9.17) is 14.4 Å². The summed E-state index contributed by atoms with van der Waals surface area (Å²) in [5.74, 6) is 0.658. The second-order valence-corrected chi connectivity index (χ2v) is 13.0. The van der Waals surface area contributed by atoms with E-state index in [2.05, 4.69) is 170 Å². The van der Waals surface area contributed by atoms with Gasteiger partial charge < -0.3 is 4.42 Å². The zero-order valence-corrected chi connectivity index (χ0v) is 27.6. The molecule has 0 spiro atoms. The van der Waals surface area contributed by atoms with Crippen LogP contribution >= 0.6 is 0 Å². The van der Waals surface area contributed by atoms with E-state index in [0.717, 1.165) is 71.9 Å². The molecule has 3 nitrogen and oxygen atoms in total. The van der Waals surface area contributed by atoms with Gasteiger partial charge in [-0.05, 0) is 80.2 Å². The first-order chi connectivity index (χ1) is 25.2. The molecule has 0 amide bonds. The molecule has 10 aromatic rings. The number of hydrogen-bond acceptors (Lipinski definition) is 3. The molecule has 0 bridgehead atoms. The lowest BCUT2D eigenvalue weighted by Crippen LogP contribution is -1.97. The maximum Gasteiger partial charge on any atom is 0.161 e. The van der Waals surface area contributed by atoms with Gasteiger partial charge in [0.1, 0.15) is 11.2 Å². The standard InChI is InChI=1S/C48H30N2O/c1-3-12-34(13-4-1)43-30-44(35-14-5-2-6-15-35)50-48(49-43)42-27-40(29-46-47(42)41-26-37-17-9-10-18-38(37)28-45(41)51-46)33-21-19-32(20-22-33)39-24-23-31-11-7-8-16-36(31)25-39/h1-30H. The average Bonchev–Trinajstić information content (AvgIpc) is 3.57. The van der Waals surface area contributed by atoms with E-state index in [1.54, 1.807) is 0 Å². The van der Waals surface area contributed by atoms with Crippen LogP contribution < -0.4 is 0 Å². The van der Waals surface area contributed by atoms with Gasteiger partial charge in [0.25, 0.3) is 0 Å². The van der Waals surface area contributed by atoms with Crippen LogP contribution in [-0.2, 0) is 0 Å². The SMILES string of the molecule is c1ccc(-c2cc(-c3ccccc3)nc(-c3cc(-c4ccc(-c5ccc6ccccc6c5)cc4)cc4oc5cc6ccccc6cc5c34)n2)cc1. The minimum absolute atomic E-state index is 0.658. The Kier molecular flexibility index (Phi) is 6.81. The highest BCUT2D eigenvalue weighted by atomic mass is 16.3. The largest absolute Gasteiger partial charge is 0.456 e. The third-order valence-corrected chi connectivity index (χ3v) is 9.85. The smallest absolute Gasteiger partial charge is 0.161 e. The van der Waals surface area contributed by atoms with E-state index in [0.29, 0.717) is 5.82 Å². The summed E-state index contributed by atoms with van der Waals surface area (Å²) >= 11 is 0. The second-order valence-electron chi connectivity index (χ2n) is 13.0. The predicted molar refractivity (Wildman–Crippen MR) is 212 cm³/mol. The lowest BCUT2D eigenvalue weighted by Gasteiger charge is -2.12. The van der Waals surface area contributed by atoms with Gasteiger partial charge in [-0.2, -0.15) is 0 Å². The van der Waals surface area contributed by atoms with Gasteiger partial charge in [-0.25, -0.2) is 9.97 Å². The Morgan fingerprint density at radius 2 is 0.863 bits per heavy atom. The summed E-state index contributed by atoms with van der Waals surface area (Å²) in [5.41, 5.74) is 10.9. The first-order valence-corrected chi connectivity index (χ1v) is 17.2. The first-order valence-electron chi connectivity index (χ1n) is 17.2. The number of aromatic nitrogens is 2. The summed E-state index contributed by atoms with van der Waals surface area (Å²) in [6, 6.07) is 63.9. The molecule has 2 heterocycles. The normalized spacial score (nSPS) is 11.5. The molecule has 3 heteroatoms. The number of hydrogen-bond donors (Lipinski definition) is 0. The number of fused-ring (bicyclic) bond motifs is 5. The first kappa shape index (κ1) is 29.1. The predicted octanol–water partition coefficient (Wildman–Crippen LogP) is 13.0. The molecule has 0 unspecified atom stereocenters. The number of rotatable bonds is 5. The van der Waals surface area contributed by atoms with Crippen molar-refractivity contribution in [2.45, 2.75) is 0 Å². The third kappa shape index (κ3) is 5.24. The second kappa shape index (κ2) is 11.9. The van der Waals surface area contributed by atoms with Crippen LogP contribution in [0, 0.1) is 0 Å². The Morgan fingerprint density at radius 1 is 0.333 bits per heavy atom. The van der Waals surface area contributed by atoms with E-state index in [1.165, 1.54) is 21.9 Å². The fourth-order valence-electron chi connectivity index (χ4n) is 7.24. The van der Waals surface area contributed by atoms with Gasteiger partial charge in [0.2, 0.25) is 0 Å². The van der Waals surface area contributed by atoms with Gasteiger partial charge in [0.05, 0.1) is 11.4 Å². The maximum absolute atomic E-state index is 6.69. The van der Waals surface area contributed by atoms with E-state index < -0.39 is 0 Å². The molecule has 0 N–H and O–H groups in total. The lowest BCUT2D eigenvalue weighted by atomic mass is 9.95. The molecule has 0 fully saturated rings. The van der Waals surface area contributed by atoms with Crippen molar-refractivity contribution < 1.29 is 4.42 Å². The highest BCUT2D eigenvalue weighted by Gasteiger charge is 2.20. The molecule has 0 aliphatic heterocycles. The van der Waals surface area contributed by atoms with Crippen molar-refractivity contribution in [1.82, 2.24) is 9.97 Å². The van der Waals surface area contributed by atoms with Crippen molar-refractivity contribution in [2.24, 2.45) is 0 Å². The van der Waals surface area contributed by atoms with Gasteiger partial charge in [-0.15, -0.1) is 0 Å². The topological polar surface area (TPSA) is 38.9 Å². The molecule has 2 aromatic heterocycles. The molecule has 51 heavy (non-hydrogen) atoms. The van der Waals surface area contributed by atoms with Gasteiger partial charge >= 0.3 is 0 Å². The summed E-state index contributed by atoms with van der Waals surface area (Å²) < 4.78 is 6.69. The number of nitrogens with zero attached hydrogens (tertiary/aromatic N) is 2. The van der Waals surface area contributed by atoms with Crippen LogP contribution in [0.5, 0.6) is 0 Å². The molecular formula is C48H30N2O. The van der Waals surface area contributed by atoms with Gasteiger partial charge in [-0.1, -0.05) is 146 Å². The molecule has 0 atom stereocenters. The minimum Gasteiger partial charge on any atom is -0.456 e. The van der Waals surface area contributed by atoms with Crippen molar-refractivity contribution in [3.63, 3.8) is 0 Å². The summed E-state index contributed by atoms with van der Waals surface area (Å²) in [7, 11) is 0. The maximum atomic E-state index is 6.69. The van der Waals surface area contributed by atoms with Gasteiger partial charge in [0.15, 0.2) is 5.82 Å². The average molecular weight is 651 g/mol. The molecule has 8 aromatic carbocycles. The van der Waals surface area contributed by atoms with Crippen LogP contribution in [0.1, 0.15) is 0 Å². The fourth-order valence-corrected chi connectivity index (χ4v) is 7.24. The zero-order valence-electron chi connectivity index (χ0n) is 27.6. The summed E-state index contributed by atoms with van der Waals surface area (Å²) in [5, 5.41) is 6.84. The quantitative estimate of drug-likeness (QED) is 0.186. The van der Waals surface area contributed by atoms with E-state index >= 15 is 0 Å². The Bertz CT molecular complexity index is 2830. The van der Waals surface area contributed by atoms with Crippen molar-refractivity contribution in [2.75, 3.05) is 0 Å². The minimum atomic E-state index is 0.658. The summed E-state index contributed by atoms with van der Waals surface area (Å²) in [4.78, 5) is 10.5. The van der Waals surface area contributed by atoms with Crippen molar-refractivity contribution in [3.8, 4) is 56.2 Å². The molecule has 238 valence electrons. The van der Waals surface area contributed by atoms with Crippen LogP contribution in [0.4, 0.5) is 0 Å². The van der Waals surface area contributed by atoms with Crippen LogP contribution in [0.3, 0.4) is 0 Å². The molecular weight excluding hydrogens is 621 g/mol. The highest BCUT2D eigenvalue weighted by Crippen LogP contribution is 2.42. The van der Waals surface area contributed by atoms with Crippen LogP contribution in [-0.4, -0.2) is 9.97 Å². The van der Waals surface area contributed by atoms with Crippen LogP contribution in [0.2, 0.25) is 0 Å². The third-order valence-electron chi connectivity index (χ3n) is 9.85. The Morgan fingerprint density at radius 3 is 1.51 bits per heavy atom. The molecule has 0 saturated carbocycles. The Labute approximate surface area is 295 Å². The highest BCUT2D eigenvalue weighted by molar-refractivity contribution is 6.16. The van der Waals surface area contributed by atoms with Crippen molar-refractivity contribution in [3.05, 3.63) is 182 Å². The summed E-state index contributed by atoms with van der Waals surface area (Å²) in [6.07, 6.45) is 0. The van der Waals surface area contributed by atoms with Gasteiger partial charge in [-0.3, -0.25) is 0 Å². The molecule has 0 radical (unpaired) electrons. The number of benzene rings is 8. The molecule has 0 saturated heterocycles. The Balaban J connectivity index is 1.19. The number of furan rings is 1. The van der Waals surface area contributed by atoms with Gasteiger partial charge in [0, 0.05) is 27.5 Å². The molecule has 0 aliphatic carbocycles. The van der Waals surface area contributed by atoms with Crippen LogP contribution in [0.15, 0.2) is 186 Å². The molecule has 0 aliphatic rings. The summed E-state index contributed by atoms with van der Waals surface area (Å²) in [6.45, 7) is 0. The van der Waals surface area contributed by atoms with Crippen molar-refractivity contribution in [1.29, 1.82) is 0 Å². The van der Waals surface area contributed by atoms with E-state index in [1.807, 2.05) is 12.1 Å². The lowest BCUT2D eigenvalue weighted by molar-refractivity contribution is 0.669. The van der Waals surface area contributed by atoms with E-state index in [-0.39, 0.29) is 0 Å². The van der Waals surface area contributed by atoms with Crippen LogP contribution in [0.25, 0.3) is 99.6 Å². The fraction of sp³-hybridized carbons (Fsp3) is 0. The Hall–Kier alpha value is -6.84. The zero-order chi connectivity index (χ0) is 33.7. The monoisotopic (exact) mass is 650 g/mol.